The molecule has 0 spiro atoms. The van der Waals surface area contributed by atoms with Crippen molar-refractivity contribution in [3.63, 3.8) is 0 Å². The van der Waals surface area contributed by atoms with Crippen LogP contribution in [0.4, 0.5) is 0 Å². The molecule has 1 aromatic rings. The van der Waals surface area contributed by atoms with Gasteiger partial charge >= 0.3 is 0 Å². The summed E-state index contributed by atoms with van der Waals surface area (Å²) < 4.78 is 0. The molecule has 2 atom stereocenters. The van der Waals surface area contributed by atoms with Crippen LogP contribution in [0, 0.1) is 6.92 Å². The van der Waals surface area contributed by atoms with Gasteiger partial charge in [-0.1, -0.05) is 0 Å². The number of nitrogens with zero attached hydrogens (tertiary/aromatic N) is 2. The van der Waals surface area contributed by atoms with Gasteiger partial charge in [-0.3, -0.25) is 10.1 Å². The lowest BCUT2D eigenvalue weighted by Crippen LogP contribution is -2.38. The highest BCUT2D eigenvalue weighted by Gasteiger charge is 2.30. The van der Waals surface area contributed by atoms with Crippen molar-refractivity contribution in [2.45, 2.75) is 32.4 Å². The van der Waals surface area contributed by atoms with Crippen molar-refractivity contribution < 1.29 is 4.79 Å². The van der Waals surface area contributed by atoms with Crippen LogP contribution in [-0.4, -0.2) is 35.4 Å². The topological polar surface area (TPSA) is 45.2 Å². The van der Waals surface area contributed by atoms with Gasteiger partial charge < -0.3 is 4.90 Å². The van der Waals surface area contributed by atoms with E-state index in [0.29, 0.717) is 0 Å². The number of aromatic nitrogens is 1. The van der Waals surface area contributed by atoms with Gasteiger partial charge in [-0.25, -0.2) is 4.98 Å². The number of hydrogen-bond donors (Lipinski definition) is 1. The number of hydrogen-bond acceptors (Lipinski definition) is 4. The maximum absolute atomic E-state index is 11.7. The normalized spacial score (nSPS) is 22.8. The summed E-state index contributed by atoms with van der Waals surface area (Å²) in [6.45, 7) is 4.93. The third kappa shape index (κ3) is 2.25. The van der Waals surface area contributed by atoms with E-state index in [1.165, 1.54) is 4.88 Å². The Morgan fingerprint density at radius 2 is 2.44 bits per heavy atom. The highest BCUT2D eigenvalue weighted by atomic mass is 32.1. The fourth-order valence-electron chi connectivity index (χ4n) is 1.94. The summed E-state index contributed by atoms with van der Waals surface area (Å²) in [5, 5.41) is 4.44. The number of rotatable bonds is 3. The molecule has 1 fully saturated rings. The van der Waals surface area contributed by atoms with E-state index >= 15 is 0 Å². The largest absolute Gasteiger partial charge is 0.344 e. The maximum Gasteiger partial charge on any atom is 0.239 e. The lowest BCUT2D eigenvalue weighted by Gasteiger charge is -2.16. The van der Waals surface area contributed by atoms with E-state index in [9.17, 15) is 4.79 Å². The molecule has 2 rings (SSSR count). The van der Waals surface area contributed by atoms with Crippen LogP contribution in [0.1, 0.15) is 29.3 Å². The molecule has 1 aliphatic heterocycles. The van der Waals surface area contributed by atoms with Gasteiger partial charge in [0.25, 0.3) is 0 Å². The van der Waals surface area contributed by atoms with Gasteiger partial charge in [0.05, 0.1) is 11.0 Å². The fraction of sp³-hybridized carbons (Fsp3) is 0.636. The maximum atomic E-state index is 11.7. The first-order valence-electron chi connectivity index (χ1n) is 5.51. The Kier molecular flexibility index (Phi) is 3.25. The molecular weight excluding hydrogens is 222 g/mol. The van der Waals surface area contributed by atoms with Gasteiger partial charge in [0.1, 0.15) is 0 Å². The minimum absolute atomic E-state index is 0.0255. The zero-order valence-electron chi connectivity index (χ0n) is 9.86. The average Bonchev–Trinajstić information content (AvgIpc) is 2.79. The van der Waals surface area contributed by atoms with Crippen molar-refractivity contribution >= 4 is 17.2 Å². The number of carbonyl (C=O) groups excluding carboxylic acids is 1. The molecule has 1 saturated heterocycles. The SMILES string of the molecule is Cc1ncc(C(C)NC2CCN(C)C2=O)s1. The predicted octanol–water partition coefficient (Wildman–Crippen LogP) is 1.33. The summed E-state index contributed by atoms with van der Waals surface area (Å²) >= 11 is 1.68. The van der Waals surface area contributed by atoms with Crippen LogP contribution in [0.5, 0.6) is 0 Å². The molecule has 0 aliphatic carbocycles. The van der Waals surface area contributed by atoms with Gasteiger partial charge in [-0.05, 0) is 20.3 Å². The van der Waals surface area contributed by atoms with E-state index in [2.05, 4.69) is 17.2 Å². The Bertz CT molecular complexity index is 390. The molecule has 0 saturated carbocycles. The molecule has 0 radical (unpaired) electrons. The molecule has 0 aromatic carbocycles. The lowest BCUT2D eigenvalue weighted by atomic mass is 10.2. The Hall–Kier alpha value is -0.940. The van der Waals surface area contributed by atoms with E-state index in [1.54, 1.807) is 16.2 Å². The van der Waals surface area contributed by atoms with Crippen molar-refractivity contribution in [3.05, 3.63) is 16.1 Å². The Balaban J connectivity index is 1.97. The first-order chi connectivity index (χ1) is 7.58. The summed E-state index contributed by atoms with van der Waals surface area (Å²) in [6, 6.07) is 0.175. The van der Waals surface area contributed by atoms with Crippen molar-refractivity contribution in [1.29, 1.82) is 0 Å². The molecule has 2 unspecified atom stereocenters. The van der Waals surface area contributed by atoms with E-state index in [-0.39, 0.29) is 18.0 Å². The molecule has 1 amide bonds. The molecule has 1 aromatic heterocycles. The second kappa shape index (κ2) is 4.51. The molecule has 16 heavy (non-hydrogen) atoms. The number of nitrogens with one attached hydrogen (secondary N) is 1. The van der Waals surface area contributed by atoms with Crippen LogP contribution < -0.4 is 5.32 Å². The number of amides is 1. The van der Waals surface area contributed by atoms with Crippen LogP contribution >= 0.6 is 11.3 Å². The molecule has 1 aliphatic rings. The molecule has 1 N–H and O–H groups in total. The fourth-order valence-corrected chi connectivity index (χ4v) is 2.74. The van der Waals surface area contributed by atoms with E-state index < -0.39 is 0 Å². The predicted molar refractivity (Wildman–Crippen MR) is 64.4 cm³/mol. The minimum atomic E-state index is -0.0255. The quantitative estimate of drug-likeness (QED) is 0.865. The van der Waals surface area contributed by atoms with E-state index in [0.717, 1.165) is 18.0 Å². The Morgan fingerprint density at radius 1 is 1.69 bits per heavy atom. The van der Waals surface area contributed by atoms with Gasteiger partial charge in [0.2, 0.25) is 5.91 Å². The number of aryl methyl sites for hydroxylation is 1. The van der Waals surface area contributed by atoms with Crippen LogP contribution in [0.15, 0.2) is 6.20 Å². The molecule has 2 heterocycles. The highest BCUT2D eigenvalue weighted by molar-refractivity contribution is 7.11. The van der Waals surface area contributed by atoms with Crippen LogP contribution in [0.3, 0.4) is 0 Å². The lowest BCUT2D eigenvalue weighted by molar-refractivity contribution is -0.128. The second-order valence-corrected chi connectivity index (χ2v) is 5.54. The number of likely N-dealkylation sites (N-methyl/N-ethyl adjacent to an activating group) is 1. The van der Waals surface area contributed by atoms with Gasteiger partial charge in [-0.2, -0.15) is 0 Å². The van der Waals surface area contributed by atoms with Crippen molar-refractivity contribution in [3.8, 4) is 0 Å². The van der Waals surface area contributed by atoms with Crippen LogP contribution in [0.25, 0.3) is 0 Å². The Morgan fingerprint density at radius 3 is 2.94 bits per heavy atom. The summed E-state index contributed by atoms with van der Waals surface area (Å²) in [6.07, 6.45) is 2.79. The first kappa shape index (κ1) is 11.5. The van der Waals surface area contributed by atoms with Gasteiger partial charge in [0.15, 0.2) is 0 Å². The Labute approximate surface area is 99.7 Å². The summed E-state index contributed by atoms with van der Waals surface area (Å²) in [5.41, 5.74) is 0. The summed E-state index contributed by atoms with van der Waals surface area (Å²) in [4.78, 5) is 18.9. The minimum Gasteiger partial charge on any atom is -0.344 e. The van der Waals surface area contributed by atoms with Gasteiger partial charge in [-0.15, -0.1) is 11.3 Å². The zero-order chi connectivity index (χ0) is 11.7. The standard InChI is InChI=1S/C11H17N3OS/c1-7(10-6-12-8(2)16-10)13-9-4-5-14(3)11(9)15/h6-7,9,13H,4-5H2,1-3H3. The smallest absolute Gasteiger partial charge is 0.239 e. The summed E-state index contributed by atoms with van der Waals surface area (Å²) in [7, 11) is 1.85. The third-order valence-corrected chi connectivity index (χ3v) is 4.04. The number of thiazole rings is 1. The highest BCUT2D eigenvalue weighted by Crippen LogP contribution is 2.22. The van der Waals surface area contributed by atoms with Crippen LogP contribution in [-0.2, 0) is 4.79 Å². The zero-order valence-corrected chi connectivity index (χ0v) is 10.7. The number of carbonyl (C=O) groups is 1. The molecule has 5 heteroatoms. The molecular formula is C11H17N3OS. The van der Waals surface area contributed by atoms with Crippen LogP contribution in [0.2, 0.25) is 0 Å². The number of likely N-dealkylation sites (tertiary alicyclic amines) is 1. The molecule has 4 nitrogen and oxygen atoms in total. The average molecular weight is 239 g/mol. The van der Waals surface area contributed by atoms with Crippen molar-refractivity contribution in [1.82, 2.24) is 15.2 Å². The first-order valence-corrected chi connectivity index (χ1v) is 6.33. The van der Waals surface area contributed by atoms with Crippen molar-refractivity contribution in [2.24, 2.45) is 0 Å². The monoisotopic (exact) mass is 239 g/mol. The molecule has 88 valence electrons. The van der Waals surface area contributed by atoms with E-state index in [4.69, 9.17) is 0 Å². The third-order valence-electron chi connectivity index (χ3n) is 2.94. The van der Waals surface area contributed by atoms with Crippen molar-refractivity contribution in [2.75, 3.05) is 13.6 Å². The summed E-state index contributed by atoms with van der Waals surface area (Å²) in [5.74, 6) is 0.202. The second-order valence-electron chi connectivity index (χ2n) is 4.27. The molecule has 0 bridgehead atoms. The van der Waals surface area contributed by atoms with Gasteiger partial charge in [0, 0.05) is 30.7 Å². The van der Waals surface area contributed by atoms with E-state index in [1.807, 2.05) is 20.2 Å².